The lowest BCUT2D eigenvalue weighted by Crippen LogP contribution is -2.40. The Hall–Kier alpha value is -3.95. The largest absolute Gasteiger partial charge is 0.378 e. The number of rotatable bonds is 4. The maximum absolute atomic E-state index is 14.1. The van der Waals surface area contributed by atoms with Gasteiger partial charge in [-0.05, 0) is 43.2 Å². The molecule has 0 amide bonds. The molecule has 3 heterocycles. The van der Waals surface area contributed by atoms with Crippen molar-refractivity contribution >= 4 is 22.4 Å². The summed E-state index contributed by atoms with van der Waals surface area (Å²) in [6, 6.07) is 8.11. The van der Waals surface area contributed by atoms with Crippen molar-refractivity contribution < 1.29 is 9.13 Å². The first-order valence-corrected chi connectivity index (χ1v) is 10.6. The van der Waals surface area contributed by atoms with E-state index >= 15 is 0 Å². The highest BCUT2D eigenvalue weighted by Crippen LogP contribution is 2.31. The zero-order valence-corrected chi connectivity index (χ0v) is 18.6. The van der Waals surface area contributed by atoms with Crippen LogP contribution in [0.2, 0.25) is 0 Å². The van der Waals surface area contributed by atoms with E-state index in [1.54, 1.807) is 20.0 Å². The molecule has 0 bridgehead atoms. The van der Waals surface area contributed by atoms with Crippen molar-refractivity contribution in [2.75, 3.05) is 36.5 Å². The third kappa shape index (κ3) is 3.99. The van der Waals surface area contributed by atoms with Crippen LogP contribution in [0.15, 0.2) is 29.2 Å². The van der Waals surface area contributed by atoms with Crippen LogP contribution >= 0.6 is 0 Å². The second kappa shape index (κ2) is 8.89. The Morgan fingerprint density at radius 1 is 1.18 bits per heavy atom. The minimum Gasteiger partial charge on any atom is -0.378 e. The van der Waals surface area contributed by atoms with Crippen molar-refractivity contribution in [2.24, 2.45) is 7.05 Å². The molecular weight excluding hydrogens is 423 g/mol. The van der Waals surface area contributed by atoms with Gasteiger partial charge in [0, 0.05) is 31.7 Å². The van der Waals surface area contributed by atoms with E-state index in [2.05, 4.69) is 16.4 Å². The number of anilines is 2. The van der Waals surface area contributed by atoms with Crippen LogP contribution in [0.5, 0.6) is 0 Å². The van der Waals surface area contributed by atoms with Gasteiger partial charge in [0.05, 0.1) is 42.0 Å². The Labute approximate surface area is 190 Å². The number of benzene rings is 1. The molecule has 0 unspecified atom stereocenters. The number of fused-ring (bicyclic) bond motifs is 1. The molecule has 0 spiro atoms. The predicted molar refractivity (Wildman–Crippen MR) is 123 cm³/mol. The summed E-state index contributed by atoms with van der Waals surface area (Å²) >= 11 is 0. The normalized spacial score (nSPS) is 14.5. The van der Waals surface area contributed by atoms with Crippen molar-refractivity contribution in [3.05, 3.63) is 62.8 Å². The van der Waals surface area contributed by atoms with E-state index in [1.165, 1.54) is 22.9 Å². The second-order valence-electron chi connectivity index (χ2n) is 8.03. The van der Waals surface area contributed by atoms with Gasteiger partial charge in [-0.25, -0.2) is 9.37 Å². The van der Waals surface area contributed by atoms with E-state index in [0.29, 0.717) is 59.8 Å². The minimum absolute atomic E-state index is 0.203. The third-order valence-corrected chi connectivity index (χ3v) is 6.05. The van der Waals surface area contributed by atoms with Gasteiger partial charge in [0.25, 0.3) is 5.56 Å². The van der Waals surface area contributed by atoms with E-state index in [-0.39, 0.29) is 22.7 Å². The van der Waals surface area contributed by atoms with E-state index in [9.17, 15) is 19.7 Å². The summed E-state index contributed by atoms with van der Waals surface area (Å²) in [5, 5.41) is 22.8. The van der Waals surface area contributed by atoms with E-state index in [4.69, 9.17) is 4.74 Å². The monoisotopic (exact) mass is 446 g/mol. The van der Waals surface area contributed by atoms with Gasteiger partial charge in [0.1, 0.15) is 23.4 Å². The third-order valence-electron chi connectivity index (χ3n) is 6.05. The smallest absolute Gasteiger partial charge is 0.274 e. The molecule has 1 aromatic carbocycles. The minimum atomic E-state index is -0.490. The number of aryl methyl sites for hydroxylation is 1. The van der Waals surface area contributed by atoms with Gasteiger partial charge in [0.15, 0.2) is 0 Å². The average molecular weight is 446 g/mol. The maximum Gasteiger partial charge on any atom is 0.274 e. The van der Waals surface area contributed by atoms with Crippen LogP contribution < -0.4 is 15.8 Å². The van der Waals surface area contributed by atoms with Gasteiger partial charge in [-0.2, -0.15) is 10.5 Å². The molecule has 2 aromatic heterocycles. The van der Waals surface area contributed by atoms with E-state index in [1.807, 2.05) is 17.9 Å². The lowest BCUT2D eigenvalue weighted by atomic mass is 9.97. The lowest BCUT2D eigenvalue weighted by Gasteiger charge is -2.29. The zero-order valence-electron chi connectivity index (χ0n) is 18.6. The van der Waals surface area contributed by atoms with Gasteiger partial charge >= 0.3 is 0 Å². The molecule has 3 aromatic rings. The summed E-state index contributed by atoms with van der Waals surface area (Å²) in [4.78, 5) is 19.5. The van der Waals surface area contributed by atoms with Gasteiger partial charge in [-0.3, -0.25) is 4.79 Å². The highest BCUT2D eigenvalue weighted by Gasteiger charge is 2.21. The maximum atomic E-state index is 14.1. The van der Waals surface area contributed by atoms with Gasteiger partial charge < -0.3 is 19.5 Å². The Balaban J connectivity index is 1.86. The quantitative estimate of drug-likeness (QED) is 0.656. The molecular formula is C24H23FN6O2. The molecule has 1 fully saturated rings. The highest BCUT2D eigenvalue weighted by atomic mass is 19.1. The van der Waals surface area contributed by atoms with Crippen LogP contribution in [0.4, 0.5) is 15.9 Å². The molecule has 8 nitrogen and oxygen atoms in total. The zero-order chi connectivity index (χ0) is 23.7. The molecule has 1 aliphatic rings. The van der Waals surface area contributed by atoms with Gasteiger partial charge in [0.2, 0.25) is 0 Å². The molecule has 0 radical (unpaired) electrons. The Bertz CT molecular complexity index is 1380. The first-order chi connectivity index (χ1) is 15.8. The number of hydrogen-bond acceptors (Lipinski definition) is 7. The number of aromatic nitrogens is 2. The molecule has 0 aliphatic carbocycles. The Morgan fingerprint density at radius 2 is 1.88 bits per heavy atom. The second-order valence-corrected chi connectivity index (χ2v) is 8.03. The fourth-order valence-electron chi connectivity index (χ4n) is 4.26. The fourth-order valence-corrected chi connectivity index (χ4v) is 4.26. The van der Waals surface area contributed by atoms with E-state index in [0.717, 1.165) is 0 Å². The van der Waals surface area contributed by atoms with Crippen molar-refractivity contribution in [1.29, 1.82) is 10.5 Å². The lowest BCUT2D eigenvalue weighted by molar-refractivity contribution is 0.122. The molecule has 9 heteroatoms. The molecule has 1 atom stereocenters. The van der Waals surface area contributed by atoms with Gasteiger partial charge in [-0.1, -0.05) is 0 Å². The number of ether oxygens (including phenoxy) is 1. The molecule has 33 heavy (non-hydrogen) atoms. The van der Waals surface area contributed by atoms with Crippen LogP contribution in [0.3, 0.4) is 0 Å². The van der Waals surface area contributed by atoms with E-state index < -0.39 is 5.82 Å². The number of hydrogen-bond donors (Lipinski definition) is 1. The van der Waals surface area contributed by atoms with Crippen molar-refractivity contribution in [3.63, 3.8) is 0 Å². The number of morpholine rings is 1. The summed E-state index contributed by atoms with van der Waals surface area (Å²) in [5.41, 5.74) is 2.64. The fraction of sp³-hybridized carbons (Fsp3) is 0.333. The standard InChI is InChI=1S/C24H23FN6O2/c1-14-16(11-26)8-18(25)9-19(14)15(2)29-23-20-10-21(31-4-6-33-7-5-31)24(32)30(3)22(20)17(12-27)13-28-23/h8-10,13,15H,4-7H2,1-3H3,(H,28,29)/t15-/m1/s1. The summed E-state index contributed by atoms with van der Waals surface area (Å²) in [7, 11) is 1.64. The molecule has 1 aliphatic heterocycles. The summed E-state index contributed by atoms with van der Waals surface area (Å²) in [6.07, 6.45) is 1.42. The van der Waals surface area contributed by atoms with Crippen LogP contribution in [0, 0.1) is 35.4 Å². The summed E-state index contributed by atoms with van der Waals surface area (Å²) < 4.78 is 21.0. The summed E-state index contributed by atoms with van der Waals surface area (Å²) in [6.45, 7) is 5.85. The van der Waals surface area contributed by atoms with Crippen LogP contribution in [0.25, 0.3) is 10.9 Å². The van der Waals surface area contributed by atoms with Crippen molar-refractivity contribution in [1.82, 2.24) is 9.55 Å². The molecule has 168 valence electrons. The number of nitriles is 2. The summed E-state index contributed by atoms with van der Waals surface area (Å²) in [5.74, 6) is -0.0285. The molecule has 1 N–H and O–H groups in total. The number of halogens is 1. The Kier molecular flexibility index (Phi) is 5.99. The topological polar surface area (TPSA) is 107 Å². The van der Waals surface area contributed by atoms with Crippen LogP contribution in [-0.4, -0.2) is 35.9 Å². The van der Waals surface area contributed by atoms with Crippen molar-refractivity contribution in [2.45, 2.75) is 19.9 Å². The predicted octanol–water partition coefficient (Wildman–Crippen LogP) is 3.13. The molecule has 4 rings (SSSR count). The number of nitrogens with one attached hydrogen (secondary N) is 1. The SMILES string of the molecule is Cc1c(C#N)cc(F)cc1[C@@H](C)Nc1ncc(C#N)c2c1cc(N1CCOCC1)c(=O)n2C. The van der Waals surface area contributed by atoms with Crippen LogP contribution in [0.1, 0.15) is 35.2 Å². The first-order valence-electron chi connectivity index (χ1n) is 10.6. The number of pyridine rings is 2. The van der Waals surface area contributed by atoms with Crippen LogP contribution in [-0.2, 0) is 11.8 Å². The number of nitrogens with zero attached hydrogens (tertiary/aromatic N) is 5. The first kappa shape index (κ1) is 22.3. The highest BCUT2D eigenvalue weighted by molar-refractivity contribution is 5.95. The van der Waals surface area contributed by atoms with Crippen molar-refractivity contribution in [3.8, 4) is 12.1 Å². The Morgan fingerprint density at radius 3 is 2.55 bits per heavy atom. The van der Waals surface area contributed by atoms with Gasteiger partial charge in [-0.15, -0.1) is 0 Å². The molecule has 0 saturated carbocycles. The average Bonchev–Trinajstić information content (AvgIpc) is 2.83. The molecule has 1 saturated heterocycles.